The smallest absolute Gasteiger partial charge is 0.281 e. The molecular weight excluding hydrogens is 433 g/mol. The Morgan fingerprint density at radius 1 is 1.18 bits per heavy atom. The van der Waals surface area contributed by atoms with E-state index in [4.69, 9.17) is 0 Å². The van der Waals surface area contributed by atoms with Gasteiger partial charge in [0.05, 0.1) is 11.3 Å². The highest BCUT2D eigenvalue weighted by molar-refractivity contribution is 6.04. The van der Waals surface area contributed by atoms with E-state index in [-0.39, 0.29) is 30.1 Å². The lowest BCUT2D eigenvalue weighted by molar-refractivity contribution is -0.126. The van der Waals surface area contributed by atoms with Crippen molar-refractivity contribution in [2.75, 3.05) is 5.32 Å². The number of amides is 1. The molecule has 2 heterocycles. The average Bonchev–Trinajstić information content (AvgIpc) is 3.10. The number of carbonyl (C=O) groups excluding carboxylic acids is 2. The van der Waals surface area contributed by atoms with Gasteiger partial charge in [0.25, 0.3) is 12.3 Å². The van der Waals surface area contributed by atoms with Gasteiger partial charge in [-0.2, -0.15) is 0 Å². The highest BCUT2D eigenvalue weighted by atomic mass is 19.3. The molecule has 0 spiro atoms. The van der Waals surface area contributed by atoms with Gasteiger partial charge in [0.2, 0.25) is 5.95 Å². The number of nitrogens with one attached hydrogen (secondary N) is 2. The molecule has 33 heavy (non-hydrogen) atoms. The molecular formula is C24H25F3N4O2. The fraction of sp³-hybridized carbons (Fsp3) is 0.333. The molecule has 0 aliphatic rings. The molecule has 2 N–H and O–H groups in total. The Labute approximate surface area is 189 Å². The van der Waals surface area contributed by atoms with Crippen molar-refractivity contribution in [3.8, 4) is 11.3 Å². The number of nitrogens with zero attached hydrogens (tertiary/aromatic N) is 2. The van der Waals surface area contributed by atoms with E-state index in [1.807, 2.05) is 0 Å². The Bertz CT molecular complexity index is 1180. The van der Waals surface area contributed by atoms with Gasteiger partial charge in [-0.3, -0.25) is 19.9 Å². The van der Waals surface area contributed by atoms with Gasteiger partial charge in [-0.05, 0) is 37.1 Å². The molecule has 1 aromatic carbocycles. The topological polar surface area (TPSA) is 87.7 Å². The quantitative estimate of drug-likeness (QED) is 0.478. The van der Waals surface area contributed by atoms with Crippen molar-refractivity contribution in [3.63, 3.8) is 0 Å². The van der Waals surface area contributed by atoms with Crippen LogP contribution in [0, 0.1) is 18.2 Å². The van der Waals surface area contributed by atoms with Gasteiger partial charge in [0, 0.05) is 29.3 Å². The second-order valence-electron chi connectivity index (χ2n) is 8.77. The van der Waals surface area contributed by atoms with Crippen LogP contribution in [0.2, 0.25) is 0 Å². The molecule has 0 aliphatic carbocycles. The minimum atomic E-state index is -2.96. The highest BCUT2D eigenvalue weighted by Crippen LogP contribution is 2.26. The van der Waals surface area contributed by atoms with Gasteiger partial charge in [-0.15, -0.1) is 0 Å². The Balaban J connectivity index is 1.84. The summed E-state index contributed by atoms with van der Waals surface area (Å²) in [6.07, 6.45) is -1.23. The first kappa shape index (κ1) is 24.2. The van der Waals surface area contributed by atoms with Crippen molar-refractivity contribution >= 4 is 17.6 Å². The molecule has 0 atom stereocenters. The third-order valence-electron chi connectivity index (χ3n) is 5.12. The Morgan fingerprint density at radius 3 is 2.55 bits per heavy atom. The van der Waals surface area contributed by atoms with E-state index in [1.54, 1.807) is 33.8 Å². The zero-order chi connectivity index (χ0) is 24.3. The molecule has 0 bridgehead atoms. The number of hydrogen-bond donors (Lipinski definition) is 2. The Kier molecular flexibility index (Phi) is 7.00. The van der Waals surface area contributed by atoms with Crippen molar-refractivity contribution in [1.82, 2.24) is 15.0 Å². The molecule has 2 aromatic heterocycles. The predicted octanol–water partition coefficient (Wildman–Crippen LogP) is 5.66. The number of ketones is 1. The summed E-state index contributed by atoms with van der Waals surface area (Å²) >= 11 is 0. The molecule has 0 fully saturated rings. The SMILES string of the molecule is Cc1[nH]c(NC(=O)c2cc(CCC(=O)C(C)(C)C)cnc2C(F)F)nc1-c1cccc(F)c1. The van der Waals surface area contributed by atoms with E-state index >= 15 is 0 Å². The highest BCUT2D eigenvalue weighted by Gasteiger charge is 2.24. The third-order valence-corrected chi connectivity index (χ3v) is 5.12. The largest absolute Gasteiger partial charge is 0.328 e. The summed E-state index contributed by atoms with van der Waals surface area (Å²) in [5.74, 6) is -1.20. The zero-order valence-electron chi connectivity index (χ0n) is 18.8. The van der Waals surface area contributed by atoms with E-state index < -0.39 is 29.3 Å². The van der Waals surface area contributed by atoms with Crippen LogP contribution in [0.15, 0.2) is 36.5 Å². The second kappa shape index (κ2) is 9.56. The summed E-state index contributed by atoms with van der Waals surface area (Å²) in [4.78, 5) is 35.9. The summed E-state index contributed by atoms with van der Waals surface area (Å²) in [7, 11) is 0. The summed E-state index contributed by atoms with van der Waals surface area (Å²) in [6, 6.07) is 7.13. The fourth-order valence-electron chi connectivity index (χ4n) is 3.26. The predicted molar refractivity (Wildman–Crippen MR) is 119 cm³/mol. The van der Waals surface area contributed by atoms with Crippen LogP contribution in [-0.2, 0) is 11.2 Å². The van der Waals surface area contributed by atoms with Gasteiger partial charge in [-0.1, -0.05) is 32.9 Å². The van der Waals surface area contributed by atoms with Crippen molar-refractivity contribution < 1.29 is 22.8 Å². The van der Waals surface area contributed by atoms with Gasteiger partial charge in [0.15, 0.2) is 0 Å². The van der Waals surface area contributed by atoms with Crippen LogP contribution in [0.5, 0.6) is 0 Å². The molecule has 0 radical (unpaired) electrons. The van der Waals surface area contributed by atoms with Crippen molar-refractivity contribution in [3.05, 3.63) is 64.9 Å². The summed E-state index contributed by atoms with van der Waals surface area (Å²) in [6.45, 7) is 7.10. The van der Waals surface area contributed by atoms with E-state index in [9.17, 15) is 22.8 Å². The van der Waals surface area contributed by atoms with E-state index in [1.165, 1.54) is 30.5 Å². The molecule has 0 aliphatic heterocycles. The van der Waals surface area contributed by atoms with Crippen LogP contribution >= 0.6 is 0 Å². The first-order valence-corrected chi connectivity index (χ1v) is 10.4. The third kappa shape index (κ3) is 5.85. The van der Waals surface area contributed by atoms with E-state index in [2.05, 4.69) is 20.3 Å². The Morgan fingerprint density at radius 2 is 1.91 bits per heavy atom. The molecule has 3 rings (SSSR count). The maximum Gasteiger partial charge on any atom is 0.281 e. The van der Waals surface area contributed by atoms with E-state index in [0.717, 1.165) is 0 Å². The lowest BCUT2D eigenvalue weighted by Crippen LogP contribution is -2.21. The zero-order valence-corrected chi connectivity index (χ0v) is 18.8. The standard InChI is InChI=1S/C24H25F3N4O2/c1-13-19(15-6-5-7-16(25)11-15)30-23(29-13)31-22(33)17-10-14(12-28-20(17)21(26)27)8-9-18(32)24(2,3)4/h5-7,10-12,21H,8-9H2,1-4H3,(H2,29,30,31,33). The number of carbonyl (C=O) groups is 2. The number of alkyl halides is 2. The molecule has 0 saturated carbocycles. The molecule has 0 saturated heterocycles. The number of hydrogen-bond acceptors (Lipinski definition) is 4. The normalized spacial score (nSPS) is 11.6. The molecule has 0 unspecified atom stereocenters. The number of imidazole rings is 1. The number of anilines is 1. The summed E-state index contributed by atoms with van der Waals surface area (Å²) in [5.41, 5.74) is 0.513. The summed E-state index contributed by atoms with van der Waals surface area (Å²) < 4.78 is 40.6. The number of halogens is 3. The maximum atomic E-state index is 13.6. The molecule has 6 nitrogen and oxygen atoms in total. The number of aryl methyl sites for hydroxylation is 2. The van der Waals surface area contributed by atoms with Gasteiger partial charge < -0.3 is 4.98 Å². The van der Waals surface area contributed by atoms with Crippen molar-refractivity contribution in [1.29, 1.82) is 0 Å². The number of H-pyrrole nitrogens is 1. The fourth-order valence-corrected chi connectivity index (χ4v) is 3.26. The number of Topliss-reactive ketones (excluding diaryl/α,β-unsaturated/α-hetero) is 1. The number of pyridine rings is 1. The van der Waals surface area contributed by atoms with Gasteiger partial charge >= 0.3 is 0 Å². The first-order chi connectivity index (χ1) is 15.5. The Hall–Kier alpha value is -3.49. The maximum absolute atomic E-state index is 13.6. The lowest BCUT2D eigenvalue weighted by atomic mass is 9.87. The number of rotatable bonds is 7. The second-order valence-corrected chi connectivity index (χ2v) is 8.77. The van der Waals surface area contributed by atoms with Gasteiger partial charge in [-0.25, -0.2) is 18.2 Å². The summed E-state index contributed by atoms with van der Waals surface area (Å²) in [5, 5.41) is 2.48. The minimum Gasteiger partial charge on any atom is -0.328 e. The van der Waals surface area contributed by atoms with Crippen LogP contribution in [0.3, 0.4) is 0 Å². The van der Waals surface area contributed by atoms with Crippen LogP contribution in [0.25, 0.3) is 11.3 Å². The molecule has 1 amide bonds. The lowest BCUT2D eigenvalue weighted by Gasteiger charge is -2.16. The van der Waals surface area contributed by atoms with Crippen LogP contribution in [0.1, 0.15) is 60.9 Å². The van der Waals surface area contributed by atoms with Crippen molar-refractivity contribution in [2.24, 2.45) is 5.41 Å². The van der Waals surface area contributed by atoms with Crippen LogP contribution in [0.4, 0.5) is 19.1 Å². The average molecular weight is 458 g/mol. The van der Waals surface area contributed by atoms with Crippen molar-refractivity contribution in [2.45, 2.75) is 47.0 Å². The molecule has 3 aromatic rings. The molecule has 174 valence electrons. The monoisotopic (exact) mass is 458 g/mol. The number of benzene rings is 1. The molecule has 9 heteroatoms. The van der Waals surface area contributed by atoms with E-state index in [0.29, 0.717) is 22.5 Å². The first-order valence-electron chi connectivity index (χ1n) is 10.4. The minimum absolute atomic E-state index is 0.0161. The van der Waals surface area contributed by atoms with Gasteiger partial charge in [0.1, 0.15) is 17.3 Å². The number of aromatic amines is 1. The van der Waals surface area contributed by atoms with Crippen LogP contribution < -0.4 is 5.32 Å². The number of aromatic nitrogens is 3. The van der Waals surface area contributed by atoms with Crippen LogP contribution in [-0.4, -0.2) is 26.6 Å².